The lowest BCUT2D eigenvalue weighted by Crippen LogP contribution is -2.44. The second-order valence-corrected chi connectivity index (χ2v) is 8.76. The molecule has 2 atom stereocenters. The molecule has 5 heteroatoms. The summed E-state index contributed by atoms with van der Waals surface area (Å²) in [4.78, 5) is 15.4. The van der Waals surface area contributed by atoms with Crippen molar-refractivity contribution in [1.82, 2.24) is 9.47 Å². The lowest BCUT2D eigenvalue weighted by Gasteiger charge is -2.31. The zero-order chi connectivity index (χ0) is 18.8. The highest BCUT2D eigenvalue weighted by atomic mass is 32.2. The third kappa shape index (κ3) is 3.94. The maximum atomic E-state index is 13.3. The molecule has 0 radical (unpaired) electrons. The van der Waals surface area contributed by atoms with Crippen LogP contribution >= 0.6 is 11.8 Å². The van der Waals surface area contributed by atoms with E-state index >= 15 is 0 Å². The first-order valence-electron chi connectivity index (χ1n) is 9.89. The summed E-state index contributed by atoms with van der Waals surface area (Å²) < 4.78 is 8.03. The molecule has 27 heavy (non-hydrogen) atoms. The van der Waals surface area contributed by atoms with Crippen molar-refractivity contribution >= 4 is 17.7 Å². The average Bonchev–Trinajstić information content (AvgIpc) is 3.43. The van der Waals surface area contributed by atoms with Gasteiger partial charge in [0.05, 0.1) is 6.10 Å². The fraction of sp³-hybridized carbons (Fsp3) is 0.500. The molecule has 2 aliphatic heterocycles. The molecule has 2 aliphatic rings. The van der Waals surface area contributed by atoms with Gasteiger partial charge in [0.15, 0.2) is 0 Å². The summed E-state index contributed by atoms with van der Waals surface area (Å²) in [5.41, 5.74) is 4.29. The Morgan fingerprint density at radius 1 is 1.15 bits per heavy atom. The molecule has 0 N–H and O–H groups in total. The number of benzene rings is 1. The number of nitrogens with zero attached hydrogens (tertiary/aromatic N) is 2. The third-order valence-corrected chi connectivity index (χ3v) is 6.82. The van der Waals surface area contributed by atoms with E-state index in [-0.39, 0.29) is 12.0 Å². The van der Waals surface area contributed by atoms with Gasteiger partial charge in [0, 0.05) is 47.6 Å². The van der Waals surface area contributed by atoms with E-state index in [0.29, 0.717) is 6.04 Å². The van der Waals surface area contributed by atoms with Gasteiger partial charge in [-0.2, -0.15) is 11.8 Å². The molecule has 1 aromatic carbocycles. The van der Waals surface area contributed by atoms with Gasteiger partial charge in [-0.3, -0.25) is 4.79 Å². The second kappa shape index (κ2) is 8.11. The van der Waals surface area contributed by atoms with Gasteiger partial charge in [0.1, 0.15) is 0 Å². The summed E-state index contributed by atoms with van der Waals surface area (Å²) in [6, 6.07) is 12.6. The number of hydrogen-bond acceptors (Lipinski definition) is 3. The molecule has 144 valence electrons. The SMILES string of the molecule is Cc1ccc(C)n1-c1ccc(C(=O)N(CC2CCCO2)C2CCSC2)cc1. The van der Waals surface area contributed by atoms with E-state index in [1.165, 1.54) is 11.4 Å². The molecule has 0 bridgehead atoms. The first-order valence-corrected chi connectivity index (χ1v) is 11.0. The van der Waals surface area contributed by atoms with Crippen molar-refractivity contribution in [2.24, 2.45) is 0 Å². The standard InChI is InChI=1S/C22H28N2O2S/c1-16-5-6-17(2)24(16)19-9-7-18(8-10-19)22(25)23(20-11-13-27-15-20)14-21-4-3-12-26-21/h5-10,20-21H,3-4,11-15H2,1-2H3. The summed E-state index contributed by atoms with van der Waals surface area (Å²) >= 11 is 1.95. The Bertz CT molecular complexity index is 768. The van der Waals surface area contributed by atoms with Crippen molar-refractivity contribution in [1.29, 1.82) is 0 Å². The first-order chi connectivity index (χ1) is 13.1. The van der Waals surface area contributed by atoms with Gasteiger partial charge in [0.25, 0.3) is 5.91 Å². The fourth-order valence-corrected chi connectivity index (χ4v) is 5.39. The topological polar surface area (TPSA) is 34.5 Å². The highest BCUT2D eigenvalue weighted by Gasteiger charge is 2.31. The Kier molecular flexibility index (Phi) is 5.60. The van der Waals surface area contributed by atoms with Crippen LogP contribution in [0.4, 0.5) is 0 Å². The van der Waals surface area contributed by atoms with E-state index in [1.54, 1.807) is 0 Å². The monoisotopic (exact) mass is 384 g/mol. The smallest absolute Gasteiger partial charge is 0.254 e. The number of carbonyl (C=O) groups is 1. The Labute approximate surface area is 165 Å². The number of hydrogen-bond donors (Lipinski definition) is 0. The number of thioether (sulfide) groups is 1. The highest BCUT2D eigenvalue weighted by molar-refractivity contribution is 7.99. The van der Waals surface area contributed by atoms with Crippen molar-refractivity contribution in [3.8, 4) is 5.69 Å². The van der Waals surface area contributed by atoms with Crippen LogP contribution in [0.2, 0.25) is 0 Å². The highest BCUT2D eigenvalue weighted by Crippen LogP contribution is 2.26. The molecular formula is C22H28N2O2S. The zero-order valence-electron chi connectivity index (χ0n) is 16.2. The van der Waals surface area contributed by atoms with Crippen molar-refractivity contribution in [2.45, 2.75) is 45.3 Å². The van der Waals surface area contributed by atoms with Gasteiger partial charge in [-0.25, -0.2) is 0 Å². The number of ether oxygens (including phenoxy) is 1. The predicted octanol–water partition coefficient (Wildman–Crippen LogP) is 4.22. The van der Waals surface area contributed by atoms with E-state index in [2.05, 4.69) is 47.6 Å². The van der Waals surface area contributed by atoms with E-state index < -0.39 is 0 Å². The Balaban J connectivity index is 1.55. The summed E-state index contributed by atoms with van der Waals surface area (Å²) in [5.74, 6) is 2.33. The summed E-state index contributed by atoms with van der Waals surface area (Å²) in [6.07, 6.45) is 3.46. The van der Waals surface area contributed by atoms with Crippen LogP contribution < -0.4 is 0 Å². The fourth-order valence-electron chi connectivity index (χ4n) is 4.17. The quantitative estimate of drug-likeness (QED) is 0.774. The molecule has 1 aromatic heterocycles. The predicted molar refractivity (Wildman–Crippen MR) is 111 cm³/mol. The van der Waals surface area contributed by atoms with E-state index in [1.807, 2.05) is 23.9 Å². The molecule has 0 spiro atoms. The van der Waals surface area contributed by atoms with Gasteiger partial charge in [-0.15, -0.1) is 0 Å². The maximum Gasteiger partial charge on any atom is 0.254 e. The van der Waals surface area contributed by atoms with Crippen LogP contribution in [0.25, 0.3) is 5.69 Å². The summed E-state index contributed by atoms with van der Waals surface area (Å²) in [6.45, 7) is 5.76. The first kappa shape index (κ1) is 18.6. The van der Waals surface area contributed by atoms with Gasteiger partial charge in [-0.05, 0) is 75.3 Å². The van der Waals surface area contributed by atoms with Crippen LogP contribution in [-0.2, 0) is 4.74 Å². The van der Waals surface area contributed by atoms with Crippen LogP contribution in [0.1, 0.15) is 41.0 Å². The van der Waals surface area contributed by atoms with Crippen molar-refractivity contribution < 1.29 is 9.53 Å². The maximum absolute atomic E-state index is 13.3. The minimum absolute atomic E-state index is 0.144. The van der Waals surface area contributed by atoms with Gasteiger partial charge < -0.3 is 14.2 Å². The number of aromatic nitrogens is 1. The van der Waals surface area contributed by atoms with Gasteiger partial charge in [0.2, 0.25) is 0 Å². The molecule has 2 unspecified atom stereocenters. The van der Waals surface area contributed by atoms with Crippen LogP contribution in [0.5, 0.6) is 0 Å². The number of aryl methyl sites for hydroxylation is 2. The molecule has 1 amide bonds. The van der Waals surface area contributed by atoms with Crippen LogP contribution in [0.15, 0.2) is 36.4 Å². The summed E-state index contributed by atoms with van der Waals surface area (Å²) in [5, 5.41) is 0. The van der Waals surface area contributed by atoms with Gasteiger partial charge >= 0.3 is 0 Å². The Morgan fingerprint density at radius 3 is 2.48 bits per heavy atom. The van der Waals surface area contributed by atoms with Crippen molar-refractivity contribution in [2.75, 3.05) is 24.7 Å². The lowest BCUT2D eigenvalue weighted by atomic mass is 10.1. The molecular weight excluding hydrogens is 356 g/mol. The molecule has 3 heterocycles. The normalized spacial score (nSPS) is 22.3. The molecule has 4 nitrogen and oxygen atoms in total. The third-order valence-electron chi connectivity index (χ3n) is 5.68. The Hall–Kier alpha value is -1.72. The molecule has 0 aliphatic carbocycles. The lowest BCUT2D eigenvalue weighted by molar-refractivity contribution is 0.0442. The minimum atomic E-state index is 0.144. The van der Waals surface area contributed by atoms with E-state index in [9.17, 15) is 4.79 Å². The molecule has 2 saturated heterocycles. The molecule has 2 aromatic rings. The number of carbonyl (C=O) groups excluding carboxylic acids is 1. The van der Waals surface area contributed by atoms with E-state index in [4.69, 9.17) is 4.74 Å². The van der Waals surface area contributed by atoms with Crippen LogP contribution in [0.3, 0.4) is 0 Å². The number of amides is 1. The van der Waals surface area contributed by atoms with Crippen LogP contribution in [-0.4, -0.2) is 52.2 Å². The van der Waals surface area contributed by atoms with Crippen LogP contribution in [0, 0.1) is 13.8 Å². The average molecular weight is 385 g/mol. The van der Waals surface area contributed by atoms with Crippen molar-refractivity contribution in [3.05, 3.63) is 53.3 Å². The van der Waals surface area contributed by atoms with E-state index in [0.717, 1.165) is 55.2 Å². The zero-order valence-corrected chi connectivity index (χ0v) is 17.0. The second-order valence-electron chi connectivity index (χ2n) is 7.61. The molecule has 4 rings (SSSR count). The molecule has 0 saturated carbocycles. The Morgan fingerprint density at radius 2 is 1.89 bits per heavy atom. The molecule has 2 fully saturated rings. The summed E-state index contributed by atoms with van der Waals surface area (Å²) in [7, 11) is 0. The van der Waals surface area contributed by atoms with Gasteiger partial charge in [-0.1, -0.05) is 0 Å². The largest absolute Gasteiger partial charge is 0.376 e. The minimum Gasteiger partial charge on any atom is -0.376 e. The number of rotatable bonds is 5. The van der Waals surface area contributed by atoms with Crippen molar-refractivity contribution in [3.63, 3.8) is 0 Å².